The molecular weight excluding hydrogens is 450 g/mol. The fraction of sp³-hybridized carbons (Fsp3) is 0.148. The van der Waals surface area contributed by atoms with Crippen LogP contribution in [0.2, 0.25) is 5.02 Å². The first-order valence-electron chi connectivity index (χ1n) is 10.8. The Labute approximate surface area is 203 Å². The summed E-state index contributed by atoms with van der Waals surface area (Å²) in [6.07, 6.45) is 4.13. The van der Waals surface area contributed by atoms with Gasteiger partial charge in [-0.05, 0) is 72.3 Å². The van der Waals surface area contributed by atoms with E-state index in [-0.39, 0.29) is 12.1 Å². The van der Waals surface area contributed by atoms with Crippen molar-refractivity contribution in [2.24, 2.45) is 0 Å². The molecule has 2 amide bonds. The number of urea groups is 1. The van der Waals surface area contributed by atoms with Crippen LogP contribution in [0.5, 0.6) is 0 Å². The molecule has 1 unspecified atom stereocenters. The van der Waals surface area contributed by atoms with E-state index in [0.717, 1.165) is 33.8 Å². The molecule has 0 saturated carbocycles. The highest BCUT2D eigenvalue weighted by molar-refractivity contribution is 7.98. The summed E-state index contributed by atoms with van der Waals surface area (Å²) in [5.74, 6) is 0. The number of carbonyl (C=O) groups is 1. The van der Waals surface area contributed by atoms with Gasteiger partial charge in [0, 0.05) is 27.5 Å². The van der Waals surface area contributed by atoms with Gasteiger partial charge < -0.3 is 14.8 Å². The second kappa shape index (κ2) is 9.00. The van der Waals surface area contributed by atoms with Gasteiger partial charge in [-0.2, -0.15) is 0 Å². The summed E-state index contributed by atoms with van der Waals surface area (Å²) in [5.41, 5.74) is 5.99. The van der Waals surface area contributed by atoms with Crippen LogP contribution < -0.4 is 5.32 Å². The Kier molecular flexibility index (Phi) is 5.92. The number of aryl methyl sites for hydroxylation is 1. The zero-order chi connectivity index (χ0) is 22.9. The fourth-order valence-corrected chi connectivity index (χ4v) is 4.97. The van der Waals surface area contributed by atoms with Gasteiger partial charge in [-0.15, -0.1) is 11.8 Å². The Hall–Kier alpha value is -3.15. The van der Waals surface area contributed by atoms with Crippen LogP contribution in [0, 0.1) is 6.92 Å². The average molecular weight is 474 g/mol. The van der Waals surface area contributed by atoms with Crippen molar-refractivity contribution in [1.82, 2.24) is 9.47 Å². The number of para-hydroxylation sites is 1. The molecule has 1 aromatic heterocycles. The molecule has 6 heteroatoms. The number of hydrogen-bond acceptors (Lipinski definition) is 2. The predicted octanol–water partition coefficient (Wildman–Crippen LogP) is 7.30. The van der Waals surface area contributed by atoms with Crippen molar-refractivity contribution in [2.45, 2.75) is 24.4 Å². The minimum absolute atomic E-state index is 0.163. The lowest BCUT2D eigenvalue weighted by Gasteiger charge is -2.31. The summed E-state index contributed by atoms with van der Waals surface area (Å²) in [6, 6.07) is 26.0. The van der Waals surface area contributed by atoms with Gasteiger partial charge in [0.1, 0.15) is 0 Å². The van der Waals surface area contributed by atoms with Crippen molar-refractivity contribution in [1.29, 1.82) is 0 Å². The van der Waals surface area contributed by atoms with E-state index in [1.54, 1.807) is 17.8 Å². The van der Waals surface area contributed by atoms with E-state index >= 15 is 0 Å². The Morgan fingerprint density at radius 1 is 1.03 bits per heavy atom. The van der Waals surface area contributed by atoms with Crippen LogP contribution in [0.1, 0.15) is 28.4 Å². The van der Waals surface area contributed by atoms with Gasteiger partial charge in [0.05, 0.1) is 18.3 Å². The standard InChI is InChI=1S/C27H24ClN3OS/c1-18-9-12-21(28)16-23(18)29-27(32)31-17-20-6-3-4-7-24(20)30-15-5-8-25(30)26(31)19-10-13-22(33-2)14-11-19/h3-16,26H,17H2,1-2H3,(H,29,32). The summed E-state index contributed by atoms with van der Waals surface area (Å²) in [4.78, 5) is 16.9. The Morgan fingerprint density at radius 3 is 2.61 bits per heavy atom. The summed E-state index contributed by atoms with van der Waals surface area (Å²) in [6.45, 7) is 2.45. The van der Waals surface area contributed by atoms with Gasteiger partial charge in [-0.1, -0.05) is 48.0 Å². The van der Waals surface area contributed by atoms with Crippen molar-refractivity contribution in [3.63, 3.8) is 0 Å². The number of nitrogens with zero attached hydrogens (tertiary/aromatic N) is 2. The molecule has 5 rings (SSSR count). The van der Waals surface area contributed by atoms with Crippen LogP contribution >= 0.6 is 23.4 Å². The van der Waals surface area contributed by atoms with Gasteiger partial charge in [-0.3, -0.25) is 0 Å². The number of anilines is 1. The highest BCUT2D eigenvalue weighted by atomic mass is 35.5. The molecule has 0 bridgehead atoms. The number of hydrogen-bond donors (Lipinski definition) is 1. The molecule has 1 atom stereocenters. The molecule has 1 aliphatic heterocycles. The second-order valence-electron chi connectivity index (χ2n) is 8.12. The van der Waals surface area contributed by atoms with E-state index in [1.165, 1.54) is 4.90 Å². The first-order chi connectivity index (χ1) is 16.0. The maximum Gasteiger partial charge on any atom is 0.322 e. The molecule has 4 aromatic rings. The fourth-order valence-electron chi connectivity index (χ4n) is 4.39. The lowest BCUT2D eigenvalue weighted by atomic mass is 10.0. The number of amides is 2. The number of benzene rings is 3. The van der Waals surface area contributed by atoms with Crippen LogP contribution in [0.3, 0.4) is 0 Å². The average Bonchev–Trinajstić information content (AvgIpc) is 3.26. The van der Waals surface area contributed by atoms with Crippen molar-refractivity contribution < 1.29 is 4.79 Å². The quantitative estimate of drug-likeness (QED) is 0.317. The number of thioether (sulfide) groups is 1. The number of fused-ring (bicyclic) bond motifs is 3. The van der Waals surface area contributed by atoms with Crippen molar-refractivity contribution in [3.05, 3.63) is 112 Å². The molecule has 4 nitrogen and oxygen atoms in total. The van der Waals surface area contributed by atoms with Gasteiger partial charge in [0.2, 0.25) is 0 Å². The van der Waals surface area contributed by atoms with Crippen LogP contribution in [0.15, 0.2) is 90.0 Å². The smallest absolute Gasteiger partial charge is 0.318 e. The molecule has 0 saturated heterocycles. The van der Waals surface area contributed by atoms with Crippen LogP contribution in [0.25, 0.3) is 5.69 Å². The maximum absolute atomic E-state index is 13.8. The highest BCUT2D eigenvalue weighted by Crippen LogP contribution is 2.37. The minimum Gasteiger partial charge on any atom is -0.318 e. The summed E-state index contributed by atoms with van der Waals surface area (Å²) < 4.78 is 2.19. The molecule has 166 valence electrons. The summed E-state index contributed by atoms with van der Waals surface area (Å²) in [7, 11) is 0. The molecule has 1 aliphatic rings. The van der Waals surface area contributed by atoms with E-state index in [4.69, 9.17) is 11.6 Å². The zero-order valence-corrected chi connectivity index (χ0v) is 20.0. The molecule has 1 N–H and O–H groups in total. The van der Waals surface area contributed by atoms with E-state index in [0.29, 0.717) is 11.6 Å². The Morgan fingerprint density at radius 2 is 1.82 bits per heavy atom. The van der Waals surface area contributed by atoms with Gasteiger partial charge in [0.15, 0.2) is 0 Å². The van der Waals surface area contributed by atoms with E-state index < -0.39 is 0 Å². The van der Waals surface area contributed by atoms with Gasteiger partial charge in [-0.25, -0.2) is 4.79 Å². The summed E-state index contributed by atoms with van der Waals surface area (Å²) >= 11 is 7.92. The van der Waals surface area contributed by atoms with E-state index in [1.807, 2.05) is 42.2 Å². The Balaban J connectivity index is 1.63. The predicted molar refractivity (Wildman–Crippen MR) is 137 cm³/mol. The van der Waals surface area contributed by atoms with Crippen LogP contribution in [-0.2, 0) is 6.54 Å². The molecule has 2 heterocycles. The highest BCUT2D eigenvalue weighted by Gasteiger charge is 2.33. The van der Waals surface area contributed by atoms with E-state index in [9.17, 15) is 4.79 Å². The maximum atomic E-state index is 13.8. The lowest BCUT2D eigenvalue weighted by Crippen LogP contribution is -2.38. The largest absolute Gasteiger partial charge is 0.322 e. The SMILES string of the molecule is CSc1ccc(C2c3cccn3-c3ccccc3CN2C(=O)Nc2cc(Cl)ccc2C)cc1. The van der Waals surface area contributed by atoms with Crippen molar-refractivity contribution >= 4 is 35.1 Å². The van der Waals surface area contributed by atoms with Gasteiger partial charge >= 0.3 is 6.03 Å². The monoisotopic (exact) mass is 473 g/mol. The van der Waals surface area contributed by atoms with Gasteiger partial charge in [0.25, 0.3) is 0 Å². The lowest BCUT2D eigenvalue weighted by molar-refractivity contribution is 0.194. The first kappa shape index (κ1) is 21.7. The third-order valence-corrected chi connectivity index (χ3v) is 7.08. The van der Waals surface area contributed by atoms with Crippen LogP contribution in [0.4, 0.5) is 10.5 Å². The molecule has 3 aromatic carbocycles. The number of halogens is 1. The minimum atomic E-state index is -0.247. The van der Waals surface area contributed by atoms with Crippen molar-refractivity contribution in [3.8, 4) is 5.69 Å². The summed E-state index contributed by atoms with van der Waals surface area (Å²) in [5, 5.41) is 3.71. The second-order valence-corrected chi connectivity index (χ2v) is 9.44. The third-order valence-electron chi connectivity index (χ3n) is 6.10. The number of rotatable bonds is 3. The molecule has 0 fully saturated rings. The molecular formula is C27H24ClN3OS. The molecule has 33 heavy (non-hydrogen) atoms. The Bertz CT molecular complexity index is 1320. The topological polar surface area (TPSA) is 37.3 Å². The zero-order valence-electron chi connectivity index (χ0n) is 18.5. The molecule has 0 radical (unpaired) electrons. The molecule has 0 spiro atoms. The first-order valence-corrected chi connectivity index (χ1v) is 12.4. The molecule has 0 aliphatic carbocycles. The van der Waals surface area contributed by atoms with Crippen LogP contribution in [-0.4, -0.2) is 21.8 Å². The normalized spacial score (nSPS) is 14.9. The number of carbonyl (C=O) groups excluding carboxylic acids is 1. The number of nitrogens with one attached hydrogen (secondary N) is 1. The van der Waals surface area contributed by atoms with Crippen molar-refractivity contribution in [2.75, 3.05) is 11.6 Å². The van der Waals surface area contributed by atoms with E-state index in [2.05, 4.69) is 64.8 Å². The third kappa shape index (κ3) is 4.14. The number of aromatic nitrogens is 1.